The third-order valence-corrected chi connectivity index (χ3v) is 2.85. The Hall–Kier alpha value is -2.50. The lowest BCUT2D eigenvalue weighted by Crippen LogP contribution is -2.08. The molecule has 2 heterocycles. The van der Waals surface area contributed by atoms with Gasteiger partial charge in [-0.2, -0.15) is 0 Å². The number of H-pyrrole nitrogens is 1. The van der Waals surface area contributed by atoms with Gasteiger partial charge in [0.05, 0.1) is 24.5 Å². The van der Waals surface area contributed by atoms with Crippen LogP contribution in [0.4, 0.5) is 0 Å². The predicted octanol–water partition coefficient (Wildman–Crippen LogP) is 1.53. The van der Waals surface area contributed by atoms with Crippen molar-refractivity contribution < 1.29 is 9.15 Å². The van der Waals surface area contributed by atoms with Crippen molar-refractivity contribution in [1.82, 2.24) is 14.5 Å². The highest BCUT2D eigenvalue weighted by Crippen LogP contribution is 2.23. The van der Waals surface area contributed by atoms with E-state index in [4.69, 9.17) is 9.15 Å². The Morgan fingerprint density at radius 1 is 1.44 bits per heavy atom. The topological polar surface area (TPSA) is 73.1 Å². The Labute approximate surface area is 102 Å². The van der Waals surface area contributed by atoms with Crippen LogP contribution >= 0.6 is 0 Å². The lowest BCUT2D eigenvalue weighted by molar-refractivity contribution is 0.384. The van der Waals surface area contributed by atoms with Gasteiger partial charge in [-0.05, 0) is 12.1 Å². The van der Waals surface area contributed by atoms with Crippen molar-refractivity contribution in [3.8, 4) is 17.3 Å². The standard InChI is InChI=1S/C12H11N3O3/c1-15-9-4-3-7(5-10(9)18-12(15)16)8-6-13-11(14-8)17-2/h3-6H,1-2H3,(H,13,14). The van der Waals surface area contributed by atoms with Crippen LogP contribution in [0.3, 0.4) is 0 Å². The first-order valence-electron chi connectivity index (χ1n) is 5.38. The Kier molecular flexibility index (Phi) is 2.22. The minimum absolute atomic E-state index is 0.371. The lowest BCUT2D eigenvalue weighted by Gasteiger charge is -1.97. The first kappa shape index (κ1) is 10.6. The van der Waals surface area contributed by atoms with Gasteiger partial charge in [-0.15, -0.1) is 0 Å². The quantitative estimate of drug-likeness (QED) is 0.743. The third kappa shape index (κ3) is 1.50. The Balaban J connectivity index is 2.16. The van der Waals surface area contributed by atoms with E-state index < -0.39 is 0 Å². The number of nitrogens with one attached hydrogen (secondary N) is 1. The molecule has 0 fully saturated rings. The molecule has 0 amide bonds. The van der Waals surface area contributed by atoms with Crippen molar-refractivity contribution in [2.45, 2.75) is 0 Å². The zero-order valence-corrected chi connectivity index (χ0v) is 9.93. The maximum Gasteiger partial charge on any atom is 0.419 e. The molecular weight excluding hydrogens is 234 g/mol. The van der Waals surface area contributed by atoms with Crippen LogP contribution in [-0.4, -0.2) is 21.6 Å². The normalized spacial score (nSPS) is 11.0. The van der Waals surface area contributed by atoms with Gasteiger partial charge in [0.1, 0.15) is 0 Å². The monoisotopic (exact) mass is 245 g/mol. The van der Waals surface area contributed by atoms with Crippen molar-refractivity contribution in [1.29, 1.82) is 0 Å². The molecule has 0 bridgehead atoms. The van der Waals surface area contributed by atoms with Gasteiger partial charge in [-0.1, -0.05) is 6.07 Å². The van der Waals surface area contributed by atoms with Crippen LogP contribution in [0.2, 0.25) is 0 Å². The summed E-state index contributed by atoms with van der Waals surface area (Å²) >= 11 is 0. The smallest absolute Gasteiger partial charge is 0.419 e. The van der Waals surface area contributed by atoms with Crippen LogP contribution in [-0.2, 0) is 7.05 Å². The van der Waals surface area contributed by atoms with Crippen molar-refractivity contribution in [3.05, 3.63) is 34.9 Å². The molecule has 0 unspecified atom stereocenters. The molecule has 92 valence electrons. The Morgan fingerprint density at radius 3 is 3.00 bits per heavy atom. The summed E-state index contributed by atoms with van der Waals surface area (Å²) in [6, 6.07) is 5.97. The molecule has 6 nitrogen and oxygen atoms in total. The highest BCUT2D eigenvalue weighted by atomic mass is 16.5. The second-order valence-corrected chi connectivity index (χ2v) is 3.92. The lowest BCUT2D eigenvalue weighted by atomic mass is 10.1. The summed E-state index contributed by atoms with van der Waals surface area (Å²) in [5.41, 5.74) is 3.00. The van der Waals surface area contributed by atoms with E-state index in [1.165, 1.54) is 4.57 Å². The molecule has 0 aliphatic heterocycles. The van der Waals surface area contributed by atoms with E-state index in [1.54, 1.807) is 26.4 Å². The fraction of sp³-hybridized carbons (Fsp3) is 0.167. The minimum atomic E-state index is -0.371. The molecule has 0 atom stereocenters. The van der Waals surface area contributed by atoms with Crippen LogP contribution < -0.4 is 10.5 Å². The van der Waals surface area contributed by atoms with Gasteiger partial charge >= 0.3 is 5.76 Å². The summed E-state index contributed by atoms with van der Waals surface area (Å²) in [7, 11) is 3.22. The van der Waals surface area contributed by atoms with E-state index in [1.807, 2.05) is 12.1 Å². The molecule has 0 saturated heterocycles. The van der Waals surface area contributed by atoms with Crippen molar-refractivity contribution in [2.24, 2.45) is 7.05 Å². The zero-order valence-electron chi connectivity index (χ0n) is 9.93. The number of oxazole rings is 1. The summed E-state index contributed by atoms with van der Waals surface area (Å²) in [6.07, 6.45) is 1.67. The minimum Gasteiger partial charge on any atom is -0.468 e. The highest BCUT2D eigenvalue weighted by Gasteiger charge is 2.09. The summed E-state index contributed by atoms with van der Waals surface area (Å²) in [6.45, 7) is 0. The zero-order chi connectivity index (χ0) is 12.7. The second kappa shape index (κ2) is 3.76. The largest absolute Gasteiger partial charge is 0.468 e. The van der Waals surface area contributed by atoms with E-state index >= 15 is 0 Å². The first-order chi connectivity index (χ1) is 8.69. The van der Waals surface area contributed by atoms with Crippen LogP contribution in [0.25, 0.3) is 22.4 Å². The molecule has 0 radical (unpaired) electrons. The van der Waals surface area contributed by atoms with E-state index in [2.05, 4.69) is 9.97 Å². The number of rotatable bonds is 2. The molecule has 1 aromatic carbocycles. The van der Waals surface area contributed by atoms with Crippen molar-refractivity contribution in [3.63, 3.8) is 0 Å². The van der Waals surface area contributed by atoms with Crippen LogP contribution in [0.15, 0.2) is 33.6 Å². The molecule has 0 aliphatic carbocycles. The van der Waals surface area contributed by atoms with Crippen LogP contribution in [0, 0.1) is 0 Å². The van der Waals surface area contributed by atoms with Gasteiger partial charge in [0.25, 0.3) is 6.01 Å². The molecule has 6 heteroatoms. The summed E-state index contributed by atoms with van der Waals surface area (Å²) < 4.78 is 11.6. The van der Waals surface area contributed by atoms with Gasteiger partial charge < -0.3 is 14.1 Å². The van der Waals surface area contributed by atoms with Gasteiger partial charge in [-0.25, -0.2) is 9.78 Å². The van der Waals surface area contributed by atoms with E-state index in [0.29, 0.717) is 11.6 Å². The average Bonchev–Trinajstić information content (AvgIpc) is 2.95. The van der Waals surface area contributed by atoms with Gasteiger partial charge in [0, 0.05) is 12.6 Å². The highest BCUT2D eigenvalue weighted by molar-refractivity contribution is 5.79. The summed E-state index contributed by atoms with van der Waals surface area (Å²) in [4.78, 5) is 18.4. The number of benzene rings is 1. The molecule has 3 rings (SSSR count). The number of nitrogens with zero attached hydrogens (tertiary/aromatic N) is 2. The molecule has 0 saturated carbocycles. The molecule has 0 spiro atoms. The maximum atomic E-state index is 11.4. The number of aromatic nitrogens is 3. The Morgan fingerprint density at radius 2 is 2.28 bits per heavy atom. The second-order valence-electron chi connectivity index (χ2n) is 3.92. The van der Waals surface area contributed by atoms with Gasteiger partial charge in [-0.3, -0.25) is 4.57 Å². The molecule has 0 aliphatic rings. The fourth-order valence-electron chi connectivity index (χ4n) is 1.85. The molecule has 3 aromatic rings. The summed E-state index contributed by atoms with van der Waals surface area (Å²) in [5.74, 6) is -0.371. The Bertz CT molecular complexity index is 766. The van der Waals surface area contributed by atoms with Crippen LogP contribution in [0.1, 0.15) is 0 Å². The molecular formula is C12H11N3O3. The number of hydrogen-bond donors (Lipinski definition) is 1. The number of fused-ring (bicyclic) bond motifs is 1. The van der Waals surface area contributed by atoms with E-state index in [9.17, 15) is 4.79 Å². The molecule has 2 aromatic heterocycles. The van der Waals surface area contributed by atoms with E-state index in [0.717, 1.165) is 16.8 Å². The first-order valence-corrected chi connectivity index (χ1v) is 5.38. The third-order valence-electron chi connectivity index (χ3n) is 2.85. The number of methoxy groups -OCH3 is 1. The number of aromatic amines is 1. The molecule has 1 N–H and O–H groups in total. The van der Waals surface area contributed by atoms with Gasteiger partial charge in [0.15, 0.2) is 5.58 Å². The van der Waals surface area contributed by atoms with Crippen molar-refractivity contribution in [2.75, 3.05) is 7.11 Å². The molecule has 18 heavy (non-hydrogen) atoms. The van der Waals surface area contributed by atoms with Crippen molar-refractivity contribution >= 4 is 11.1 Å². The summed E-state index contributed by atoms with van der Waals surface area (Å²) in [5, 5.41) is 0. The predicted molar refractivity (Wildman–Crippen MR) is 65.6 cm³/mol. The average molecular weight is 245 g/mol. The number of hydrogen-bond acceptors (Lipinski definition) is 4. The maximum absolute atomic E-state index is 11.4. The number of imidazole rings is 1. The number of aryl methyl sites for hydroxylation is 1. The van der Waals surface area contributed by atoms with Crippen LogP contribution in [0.5, 0.6) is 6.01 Å². The number of ether oxygens (including phenoxy) is 1. The van der Waals surface area contributed by atoms with Gasteiger partial charge in [0.2, 0.25) is 0 Å². The van der Waals surface area contributed by atoms with E-state index in [-0.39, 0.29) is 5.76 Å². The fourth-order valence-corrected chi connectivity index (χ4v) is 1.85. The SMILES string of the molecule is COc1ncc(-c2ccc3c(c2)oc(=O)n3C)[nH]1.